The molecule has 3 aromatic rings. The average Bonchev–Trinajstić information content (AvgIpc) is 3.09. The molecule has 1 atom stereocenters. The van der Waals surface area contributed by atoms with Crippen LogP contribution in [-0.2, 0) is 11.3 Å². The number of benzene rings is 1. The zero-order valence-electron chi connectivity index (χ0n) is 15.1. The number of carbonyl (C=O) groups excluding carboxylic acids is 2. The van der Waals surface area contributed by atoms with Crippen LogP contribution in [0.2, 0.25) is 0 Å². The predicted octanol–water partition coefficient (Wildman–Crippen LogP) is 2.75. The van der Waals surface area contributed by atoms with Gasteiger partial charge in [0.1, 0.15) is 11.4 Å². The van der Waals surface area contributed by atoms with Gasteiger partial charge in [0.25, 0.3) is 5.56 Å². The zero-order chi connectivity index (χ0) is 19.4. The third kappa shape index (κ3) is 4.40. The van der Waals surface area contributed by atoms with E-state index in [-0.39, 0.29) is 18.1 Å². The number of imide groups is 1. The lowest BCUT2D eigenvalue weighted by Crippen LogP contribution is -2.45. The quantitative estimate of drug-likeness (QED) is 0.707. The van der Waals surface area contributed by atoms with Gasteiger partial charge in [-0.05, 0) is 25.0 Å². The van der Waals surface area contributed by atoms with E-state index < -0.39 is 11.9 Å². The number of thiophene rings is 1. The number of nitrogens with one attached hydrogen (secondary N) is 2. The number of hydrogen-bond acceptors (Lipinski definition) is 5. The van der Waals surface area contributed by atoms with Crippen molar-refractivity contribution in [1.82, 2.24) is 20.2 Å². The molecule has 0 aliphatic carbocycles. The maximum atomic E-state index is 12.7. The summed E-state index contributed by atoms with van der Waals surface area (Å²) in [6, 6.07) is 10.9. The Kier molecular flexibility index (Phi) is 5.66. The molecule has 7 nitrogen and oxygen atoms in total. The lowest BCUT2D eigenvalue weighted by atomic mass is 10.2. The van der Waals surface area contributed by atoms with Crippen LogP contribution in [0.25, 0.3) is 20.7 Å². The first-order valence-electron chi connectivity index (χ1n) is 8.62. The molecule has 0 unspecified atom stereocenters. The van der Waals surface area contributed by atoms with Crippen LogP contribution in [0.15, 0.2) is 47.5 Å². The maximum Gasteiger partial charge on any atom is 0.321 e. The fourth-order valence-corrected chi connectivity index (χ4v) is 3.49. The molecule has 140 valence electrons. The number of aromatic nitrogens is 2. The van der Waals surface area contributed by atoms with E-state index in [1.807, 2.05) is 44.2 Å². The van der Waals surface area contributed by atoms with Gasteiger partial charge in [-0.1, -0.05) is 37.3 Å². The first kappa shape index (κ1) is 18.8. The molecule has 3 rings (SSSR count). The number of carbonyl (C=O) groups is 2. The Bertz CT molecular complexity index is 1030. The first-order valence-corrected chi connectivity index (χ1v) is 9.44. The smallest absolute Gasteiger partial charge is 0.321 e. The van der Waals surface area contributed by atoms with Gasteiger partial charge < -0.3 is 5.32 Å². The topological polar surface area (TPSA) is 93.1 Å². The molecule has 2 N–H and O–H groups in total. The summed E-state index contributed by atoms with van der Waals surface area (Å²) in [6.07, 6.45) is 2.09. The maximum absolute atomic E-state index is 12.7. The monoisotopic (exact) mass is 384 g/mol. The van der Waals surface area contributed by atoms with E-state index in [4.69, 9.17) is 0 Å². The third-order valence-electron chi connectivity index (χ3n) is 4.13. The fraction of sp³-hybridized carbons (Fsp3) is 0.263. The molecule has 0 radical (unpaired) electrons. The van der Waals surface area contributed by atoms with Crippen LogP contribution in [0.5, 0.6) is 0 Å². The Hall–Kier alpha value is -3.00. The van der Waals surface area contributed by atoms with Crippen molar-refractivity contribution in [3.8, 4) is 10.4 Å². The van der Waals surface area contributed by atoms with Crippen LogP contribution >= 0.6 is 11.3 Å². The van der Waals surface area contributed by atoms with Crippen LogP contribution < -0.4 is 16.2 Å². The molecule has 0 saturated heterocycles. The lowest BCUT2D eigenvalue weighted by Gasteiger charge is -2.12. The molecule has 0 aliphatic rings. The lowest BCUT2D eigenvalue weighted by molar-refractivity contribution is -0.120. The number of nitrogens with zero attached hydrogens (tertiary/aromatic N) is 2. The van der Waals surface area contributed by atoms with Crippen molar-refractivity contribution in [3.63, 3.8) is 0 Å². The average molecular weight is 384 g/mol. The van der Waals surface area contributed by atoms with Gasteiger partial charge in [0.15, 0.2) is 0 Å². The van der Waals surface area contributed by atoms with Gasteiger partial charge in [-0.3, -0.25) is 19.5 Å². The summed E-state index contributed by atoms with van der Waals surface area (Å²) in [6.45, 7) is 3.50. The van der Waals surface area contributed by atoms with Crippen LogP contribution in [-0.4, -0.2) is 27.5 Å². The molecular formula is C19H20N4O3S. The Morgan fingerprint density at radius 3 is 2.70 bits per heavy atom. The summed E-state index contributed by atoms with van der Waals surface area (Å²) < 4.78 is 1.20. The van der Waals surface area contributed by atoms with Gasteiger partial charge in [-0.2, -0.15) is 0 Å². The minimum atomic E-state index is -0.572. The van der Waals surface area contributed by atoms with Crippen LogP contribution in [0.3, 0.4) is 0 Å². The molecule has 0 bridgehead atoms. The minimum Gasteiger partial charge on any atom is -0.335 e. The molecule has 0 spiro atoms. The van der Waals surface area contributed by atoms with E-state index in [2.05, 4.69) is 15.6 Å². The third-order valence-corrected chi connectivity index (χ3v) is 5.23. The second-order valence-corrected chi connectivity index (χ2v) is 7.23. The molecule has 0 fully saturated rings. The van der Waals surface area contributed by atoms with Crippen LogP contribution in [0.1, 0.15) is 20.3 Å². The van der Waals surface area contributed by atoms with Gasteiger partial charge in [0, 0.05) is 10.9 Å². The van der Waals surface area contributed by atoms with E-state index in [1.165, 1.54) is 22.2 Å². The van der Waals surface area contributed by atoms with E-state index >= 15 is 0 Å². The second kappa shape index (κ2) is 8.13. The van der Waals surface area contributed by atoms with Crippen molar-refractivity contribution in [2.24, 2.45) is 0 Å². The molecule has 0 aliphatic heterocycles. The van der Waals surface area contributed by atoms with E-state index in [0.29, 0.717) is 10.2 Å². The minimum absolute atomic E-state index is 0.0410. The number of fused-ring (bicyclic) bond motifs is 1. The van der Waals surface area contributed by atoms with E-state index in [0.717, 1.165) is 16.9 Å². The molecule has 1 aromatic carbocycles. The first-order chi connectivity index (χ1) is 13.0. The largest absolute Gasteiger partial charge is 0.335 e. The zero-order valence-corrected chi connectivity index (χ0v) is 15.9. The number of rotatable bonds is 5. The van der Waals surface area contributed by atoms with Gasteiger partial charge in [-0.25, -0.2) is 9.78 Å². The highest BCUT2D eigenvalue weighted by molar-refractivity contribution is 7.21. The highest BCUT2D eigenvalue weighted by Crippen LogP contribution is 2.30. The molecule has 27 heavy (non-hydrogen) atoms. The summed E-state index contributed by atoms with van der Waals surface area (Å²) in [5, 5.41) is 5.32. The molecular weight excluding hydrogens is 364 g/mol. The Morgan fingerprint density at radius 2 is 2.00 bits per heavy atom. The summed E-state index contributed by atoms with van der Waals surface area (Å²) in [5.41, 5.74) is 0.696. The summed E-state index contributed by atoms with van der Waals surface area (Å²) in [5.74, 6) is -0.572. The molecule has 0 saturated carbocycles. The van der Waals surface area contributed by atoms with Gasteiger partial charge >= 0.3 is 6.03 Å². The fourth-order valence-electron chi connectivity index (χ4n) is 2.50. The Labute approximate surface area is 160 Å². The van der Waals surface area contributed by atoms with Gasteiger partial charge in [0.05, 0.1) is 11.7 Å². The number of hydrogen-bond donors (Lipinski definition) is 2. The van der Waals surface area contributed by atoms with Crippen molar-refractivity contribution in [2.75, 3.05) is 0 Å². The number of urea groups is 1. The van der Waals surface area contributed by atoms with Crippen LogP contribution in [0.4, 0.5) is 4.79 Å². The Morgan fingerprint density at radius 1 is 1.26 bits per heavy atom. The predicted molar refractivity (Wildman–Crippen MR) is 106 cm³/mol. The second-order valence-electron chi connectivity index (χ2n) is 6.20. The van der Waals surface area contributed by atoms with Crippen molar-refractivity contribution in [3.05, 3.63) is 53.1 Å². The summed E-state index contributed by atoms with van der Waals surface area (Å²) >= 11 is 1.42. The summed E-state index contributed by atoms with van der Waals surface area (Å²) in [7, 11) is 0. The normalized spacial score (nSPS) is 11.9. The molecule has 3 amide bonds. The van der Waals surface area contributed by atoms with Crippen molar-refractivity contribution in [2.45, 2.75) is 32.9 Å². The van der Waals surface area contributed by atoms with Crippen LogP contribution in [0, 0.1) is 0 Å². The number of amides is 3. The summed E-state index contributed by atoms with van der Waals surface area (Å²) in [4.78, 5) is 42.3. The van der Waals surface area contributed by atoms with Crippen molar-refractivity contribution >= 4 is 33.5 Å². The van der Waals surface area contributed by atoms with Crippen molar-refractivity contribution in [1.29, 1.82) is 0 Å². The SMILES string of the molecule is CC[C@@H](C)NC(=O)NC(=O)Cn1cnc2sc(-c3ccccc3)cc2c1=O. The van der Waals surface area contributed by atoms with E-state index in [1.54, 1.807) is 6.07 Å². The van der Waals surface area contributed by atoms with Gasteiger partial charge in [0.2, 0.25) is 5.91 Å². The standard InChI is InChI=1S/C19H20N4O3S/c1-3-12(2)21-19(26)22-16(24)10-23-11-20-17-14(18(23)25)9-15(27-17)13-7-5-4-6-8-13/h4-9,11-12H,3,10H2,1-2H3,(H2,21,22,24,26)/t12-/m1/s1. The highest BCUT2D eigenvalue weighted by atomic mass is 32.1. The van der Waals surface area contributed by atoms with E-state index in [9.17, 15) is 14.4 Å². The molecule has 2 heterocycles. The molecule has 2 aromatic heterocycles. The van der Waals surface area contributed by atoms with Crippen molar-refractivity contribution < 1.29 is 9.59 Å². The van der Waals surface area contributed by atoms with Gasteiger partial charge in [-0.15, -0.1) is 11.3 Å². The molecule has 8 heteroatoms. The highest BCUT2D eigenvalue weighted by Gasteiger charge is 2.14. The Balaban J connectivity index is 1.78.